The fraction of sp³-hybridized carbons (Fsp3) is 0.143. The normalized spacial score (nSPS) is 11.1. The lowest BCUT2D eigenvalue weighted by atomic mass is 10.1. The van der Waals surface area contributed by atoms with Gasteiger partial charge in [-0.1, -0.05) is 30.3 Å². The topological polar surface area (TPSA) is 23.4 Å². The highest BCUT2D eigenvalue weighted by molar-refractivity contribution is 6.08. The van der Waals surface area contributed by atoms with Crippen LogP contribution in [-0.2, 0) is 6.54 Å². The third kappa shape index (κ3) is 2.38. The summed E-state index contributed by atoms with van der Waals surface area (Å²) in [7, 11) is 3.39. The molecule has 24 heavy (non-hydrogen) atoms. The minimum atomic E-state index is 0.807. The second kappa shape index (κ2) is 5.93. The van der Waals surface area contributed by atoms with Crippen molar-refractivity contribution in [1.82, 2.24) is 4.57 Å². The summed E-state index contributed by atoms with van der Waals surface area (Å²) < 4.78 is 13.0. The maximum Gasteiger partial charge on any atom is 0.120 e. The van der Waals surface area contributed by atoms with Crippen molar-refractivity contribution in [3.63, 3.8) is 0 Å². The molecule has 3 nitrogen and oxygen atoms in total. The average molecular weight is 317 g/mol. The zero-order valence-corrected chi connectivity index (χ0v) is 13.8. The smallest absolute Gasteiger partial charge is 0.120 e. The molecule has 0 aliphatic heterocycles. The molecule has 0 bridgehead atoms. The van der Waals surface area contributed by atoms with Crippen molar-refractivity contribution >= 4 is 21.8 Å². The number of hydrogen-bond donors (Lipinski definition) is 0. The molecule has 4 rings (SSSR count). The third-order valence-corrected chi connectivity index (χ3v) is 4.48. The van der Waals surface area contributed by atoms with E-state index in [9.17, 15) is 0 Å². The van der Waals surface area contributed by atoms with Gasteiger partial charge in [0.2, 0.25) is 0 Å². The highest BCUT2D eigenvalue weighted by Gasteiger charge is 2.11. The largest absolute Gasteiger partial charge is 0.497 e. The fourth-order valence-electron chi connectivity index (χ4n) is 3.24. The van der Waals surface area contributed by atoms with E-state index in [1.54, 1.807) is 14.2 Å². The molecule has 4 aromatic rings. The van der Waals surface area contributed by atoms with Gasteiger partial charge in [-0.25, -0.2) is 0 Å². The van der Waals surface area contributed by atoms with Gasteiger partial charge in [-0.3, -0.25) is 0 Å². The number of hydrogen-bond acceptors (Lipinski definition) is 2. The summed E-state index contributed by atoms with van der Waals surface area (Å²) in [6.07, 6.45) is 0. The van der Waals surface area contributed by atoms with Crippen LogP contribution in [0.1, 0.15) is 5.56 Å². The Hall–Kier alpha value is -2.94. The van der Waals surface area contributed by atoms with E-state index in [1.165, 1.54) is 27.4 Å². The Morgan fingerprint density at radius 1 is 0.708 bits per heavy atom. The maximum absolute atomic E-state index is 5.42. The maximum atomic E-state index is 5.42. The molecular weight excluding hydrogens is 298 g/mol. The SMILES string of the molecule is COc1ccc(Cn2c3ccccc3c3ccc(OC)cc32)cc1. The lowest BCUT2D eigenvalue weighted by Gasteiger charge is -2.09. The van der Waals surface area contributed by atoms with E-state index in [0.717, 1.165) is 18.0 Å². The Balaban J connectivity index is 1.90. The van der Waals surface area contributed by atoms with Crippen molar-refractivity contribution in [3.05, 3.63) is 72.3 Å². The van der Waals surface area contributed by atoms with Gasteiger partial charge in [0.25, 0.3) is 0 Å². The Kier molecular flexibility index (Phi) is 3.62. The zero-order valence-electron chi connectivity index (χ0n) is 13.8. The Bertz CT molecular complexity index is 1000. The number of methoxy groups -OCH3 is 2. The van der Waals surface area contributed by atoms with E-state index in [0.29, 0.717) is 0 Å². The van der Waals surface area contributed by atoms with Crippen molar-refractivity contribution in [2.24, 2.45) is 0 Å². The van der Waals surface area contributed by atoms with Gasteiger partial charge < -0.3 is 14.0 Å². The molecule has 3 heteroatoms. The van der Waals surface area contributed by atoms with Crippen molar-refractivity contribution in [2.75, 3.05) is 14.2 Å². The van der Waals surface area contributed by atoms with Gasteiger partial charge in [0, 0.05) is 28.9 Å². The van der Waals surface area contributed by atoms with Crippen molar-refractivity contribution in [2.45, 2.75) is 6.54 Å². The van der Waals surface area contributed by atoms with Crippen LogP contribution in [0.3, 0.4) is 0 Å². The molecule has 0 aliphatic rings. The molecule has 0 saturated heterocycles. The van der Waals surface area contributed by atoms with Crippen LogP contribution in [0.25, 0.3) is 21.8 Å². The van der Waals surface area contributed by atoms with Crippen LogP contribution in [0, 0.1) is 0 Å². The van der Waals surface area contributed by atoms with Gasteiger partial charge in [-0.2, -0.15) is 0 Å². The molecule has 3 aromatic carbocycles. The summed E-state index contributed by atoms with van der Waals surface area (Å²) in [4.78, 5) is 0. The van der Waals surface area contributed by atoms with Crippen LogP contribution in [0.2, 0.25) is 0 Å². The zero-order chi connectivity index (χ0) is 16.5. The van der Waals surface area contributed by atoms with Gasteiger partial charge in [0.1, 0.15) is 11.5 Å². The number of ether oxygens (including phenoxy) is 2. The third-order valence-electron chi connectivity index (χ3n) is 4.48. The molecular formula is C21H19NO2. The first-order chi connectivity index (χ1) is 11.8. The number of aromatic nitrogens is 1. The van der Waals surface area contributed by atoms with Crippen LogP contribution < -0.4 is 9.47 Å². The summed E-state index contributed by atoms with van der Waals surface area (Å²) >= 11 is 0. The molecule has 0 fully saturated rings. The van der Waals surface area contributed by atoms with Crippen LogP contribution in [0.5, 0.6) is 11.5 Å². The van der Waals surface area contributed by atoms with Gasteiger partial charge >= 0.3 is 0 Å². The number of fused-ring (bicyclic) bond motifs is 3. The van der Waals surface area contributed by atoms with Crippen LogP contribution in [-0.4, -0.2) is 18.8 Å². The van der Waals surface area contributed by atoms with Gasteiger partial charge in [0.05, 0.1) is 19.7 Å². The quantitative estimate of drug-likeness (QED) is 0.536. The van der Waals surface area contributed by atoms with Gasteiger partial charge in [-0.15, -0.1) is 0 Å². The average Bonchev–Trinajstić information content (AvgIpc) is 2.96. The van der Waals surface area contributed by atoms with Crippen LogP contribution in [0.4, 0.5) is 0 Å². The number of para-hydroxylation sites is 1. The van der Waals surface area contributed by atoms with E-state index in [1.807, 2.05) is 18.2 Å². The molecule has 0 N–H and O–H groups in total. The van der Waals surface area contributed by atoms with Crippen molar-refractivity contribution in [1.29, 1.82) is 0 Å². The van der Waals surface area contributed by atoms with Crippen LogP contribution in [0.15, 0.2) is 66.7 Å². The molecule has 0 atom stereocenters. The summed E-state index contributed by atoms with van der Waals surface area (Å²) in [6.45, 7) is 0.807. The minimum Gasteiger partial charge on any atom is -0.497 e. The van der Waals surface area contributed by atoms with E-state index in [4.69, 9.17) is 9.47 Å². The standard InChI is InChI=1S/C21H19NO2/c1-23-16-9-7-15(8-10-16)14-22-20-6-4-3-5-18(20)19-12-11-17(24-2)13-21(19)22/h3-13H,14H2,1-2H3. The summed E-state index contributed by atoms with van der Waals surface area (Å²) in [5, 5.41) is 2.52. The number of rotatable bonds is 4. The first-order valence-electron chi connectivity index (χ1n) is 7.98. The summed E-state index contributed by atoms with van der Waals surface area (Å²) in [5.41, 5.74) is 3.66. The summed E-state index contributed by atoms with van der Waals surface area (Å²) in [5.74, 6) is 1.75. The van der Waals surface area contributed by atoms with E-state index in [-0.39, 0.29) is 0 Å². The van der Waals surface area contributed by atoms with Crippen LogP contribution >= 0.6 is 0 Å². The molecule has 0 unspecified atom stereocenters. The molecule has 0 saturated carbocycles. The Morgan fingerprint density at radius 3 is 2.12 bits per heavy atom. The Labute approximate surface area is 141 Å². The first-order valence-corrected chi connectivity index (χ1v) is 7.98. The van der Waals surface area contributed by atoms with E-state index >= 15 is 0 Å². The van der Waals surface area contributed by atoms with E-state index < -0.39 is 0 Å². The molecule has 0 aliphatic carbocycles. The number of benzene rings is 3. The van der Waals surface area contributed by atoms with E-state index in [2.05, 4.69) is 53.1 Å². The predicted octanol–water partition coefficient (Wildman–Crippen LogP) is 4.86. The first kappa shape index (κ1) is 14.6. The lowest BCUT2D eigenvalue weighted by Crippen LogP contribution is -1.99. The van der Waals surface area contributed by atoms with Gasteiger partial charge in [0.15, 0.2) is 0 Å². The predicted molar refractivity (Wildman–Crippen MR) is 98.1 cm³/mol. The fourth-order valence-corrected chi connectivity index (χ4v) is 3.24. The van der Waals surface area contributed by atoms with Crippen molar-refractivity contribution < 1.29 is 9.47 Å². The monoisotopic (exact) mass is 317 g/mol. The molecule has 120 valence electrons. The molecule has 1 heterocycles. The second-order valence-corrected chi connectivity index (χ2v) is 5.83. The second-order valence-electron chi connectivity index (χ2n) is 5.83. The highest BCUT2D eigenvalue weighted by Crippen LogP contribution is 2.32. The molecule has 0 amide bonds. The van der Waals surface area contributed by atoms with Crippen molar-refractivity contribution in [3.8, 4) is 11.5 Å². The number of nitrogens with zero attached hydrogens (tertiary/aromatic N) is 1. The Morgan fingerprint density at radius 2 is 1.38 bits per heavy atom. The minimum absolute atomic E-state index is 0.807. The molecule has 1 aromatic heterocycles. The highest BCUT2D eigenvalue weighted by atomic mass is 16.5. The summed E-state index contributed by atoms with van der Waals surface area (Å²) in [6, 6.07) is 23.0. The lowest BCUT2D eigenvalue weighted by molar-refractivity contribution is 0.414. The molecule has 0 radical (unpaired) electrons. The van der Waals surface area contributed by atoms with Gasteiger partial charge in [-0.05, 0) is 35.9 Å². The molecule has 0 spiro atoms.